The van der Waals surface area contributed by atoms with Crippen LogP contribution < -0.4 is 15.5 Å². The highest BCUT2D eigenvalue weighted by Crippen LogP contribution is 2.44. The number of nitrogens with one attached hydrogen (secondary N) is 1. The standard InChI is InChI=1S/C25H28F2N8O/c1-14-21(29)25(13-36-14)5-8-34(9-6-25)19-12-30-20-23(31-19)32-33-24(20)35-7-4-16(22(26)27)17-10-15(11-28)2-3-18(17)35/h2-3,10,12,14,16,21-22H,4-9,13,29H2,1H3,(H,31,32,33)/t14-,16?,21+/m0/s1. The molecule has 0 aliphatic carbocycles. The van der Waals surface area contributed by atoms with E-state index in [1.165, 1.54) is 0 Å². The zero-order valence-electron chi connectivity index (χ0n) is 20.0. The quantitative estimate of drug-likeness (QED) is 0.568. The lowest BCUT2D eigenvalue weighted by Crippen LogP contribution is -2.50. The van der Waals surface area contributed by atoms with Gasteiger partial charge in [-0.05, 0) is 49.9 Å². The molecule has 1 unspecified atom stereocenters. The molecule has 3 aliphatic rings. The van der Waals surface area contributed by atoms with E-state index in [4.69, 9.17) is 15.5 Å². The molecule has 1 aromatic carbocycles. The van der Waals surface area contributed by atoms with Gasteiger partial charge in [0.2, 0.25) is 6.43 Å². The van der Waals surface area contributed by atoms with Crippen LogP contribution in [0.1, 0.15) is 43.2 Å². The molecule has 188 valence electrons. The molecule has 3 aromatic rings. The molecule has 2 saturated heterocycles. The van der Waals surface area contributed by atoms with E-state index in [1.807, 2.05) is 17.9 Å². The minimum Gasteiger partial charge on any atom is -0.376 e. The number of nitrogens with zero attached hydrogens (tertiary/aromatic N) is 6. The monoisotopic (exact) mass is 494 g/mol. The summed E-state index contributed by atoms with van der Waals surface area (Å²) in [5.41, 5.74) is 9.04. The topological polar surface area (TPSA) is 120 Å². The first-order valence-corrected chi connectivity index (χ1v) is 12.3. The molecule has 2 aromatic heterocycles. The van der Waals surface area contributed by atoms with E-state index in [0.29, 0.717) is 46.9 Å². The van der Waals surface area contributed by atoms with Gasteiger partial charge in [-0.15, -0.1) is 0 Å². The van der Waals surface area contributed by atoms with E-state index >= 15 is 0 Å². The Morgan fingerprint density at radius 2 is 2.08 bits per heavy atom. The Labute approximate surface area is 207 Å². The fourth-order valence-electron chi connectivity index (χ4n) is 5.97. The molecule has 0 bridgehead atoms. The van der Waals surface area contributed by atoms with Gasteiger partial charge in [-0.3, -0.25) is 5.10 Å². The molecule has 9 nitrogen and oxygen atoms in total. The summed E-state index contributed by atoms with van der Waals surface area (Å²) >= 11 is 0. The van der Waals surface area contributed by atoms with Crippen LogP contribution in [0.2, 0.25) is 0 Å². The Morgan fingerprint density at radius 1 is 1.28 bits per heavy atom. The molecule has 0 saturated carbocycles. The minimum absolute atomic E-state index is 0.0255. The number of H-pyrrole nitrogens is 1. The molecule has 0 amide bonds. The Hall–Kier alpha value is -3.36. The third kappa shape index (κ3) is 3.59. The number of halogens is 2. The second-order valence-electron chi connectivity index (χ2n) is 10.1. The van der Waals surface area contributed by atoms with Crippen LogP contribution in [0.4, 0.5) is 26.1 Å². The van der Waals surface area contributed by atoms with Crippen molar-refractivity contribution in [2.24, 2.45) is 11.1 Å². The van der Waals surface area contributed by atoms with Crippen LogP contribution in [-0.4, -0.2) is 65.0 Å². The summed E-state index contributed by atoms with van der Waals surface area (Å²) in [6.45, 7) is 4.75. The zero-order valence-corrected chi connectivity index (χ0v) is 20.0. The maximum atomic E-state index is 13.8. The first kappa shape index (κ1) is 23.1. The van der Waals surface area contributed by atoms with Gasteiger partial charge in [0.15, 0.2) is 17.0 Å². The van der Waals surface area contributed by atoms with Crippen LogP contribution in [0.15, 0.2) is 24.4 Å². The fourth-order valence-corrected chi connectivity index (χ4v) is 5.97. The highest BCUT2D eigenvalue weighted by atomic mass is 19.3. The van der Waals surface area contributed by atoms with Gasteiger partial charge >= 0.3 is 0 Å². The van der Waals surface area contributed by atoms with Gasteiger partial charge in [0.05, 0.1) is 30.5 Å². The van der Waals surface area contributed by atoms with Gasteiger partial charge < -0.3 is 20.3 Å². The minimum atomic E-state index is -2.50. The SMILES string of the molecule is C[C@@H]1OCC2(CCN(c3cnc4c(N5CCC(C(F)F)c6cc(C#N)ccc65)n[nH]c4n3)CC2)[C@@H]1N. The van der Waals surface area contributed by atoms with Gasteiger partial charge in [0.25, 0.3) is 0 Å². The maximum Gasteiger partial charge on any atom is 0.245 e. The molecule has 36 heavy (non-hydrogen) atoms. The third-order valence-corrected chi connectivity index (χ3v) is 8.24. The largest absolute Gasteiger partial charge is 0.376 e. The number of piperidine rings is 1. The van der Waals surface area contributed by atoms with E-state index in [1.54, 1.807) is 24.4 Å². The normalized spacial score (nSPS) is 25.5. The summed E-state index contributed by atoms with van der Waals surface area (Å²) in [4.78, 5) is 13.6. The summed E-state index contributed by atoms with van der Waals surface area (Å²) in [6.07, 6.45) is 1.45. The molecular formula is C25H28F2N8O. The second kappa shape index (κ2) is 8.64. The molecule has 1 spiro atoms. The summed E-state index contributed by atoms with van der Waals surface area (Å²) in [5.74, 6) is 0.392. The van der Waals surface area contributed by atoms with E-state index < -0.39 is 12.3 Å². The lowest BCUT2D eigenvalue weighted by atomic mass is 9.73. The van der Waals surface area contributed by atoms with Crippen molar-refractivity contribution in [1.29, 1.82) is 5.26 Å². The van der Waals surface area contributed by atoms with Crippen molar-refractivity contribution < 1.29 is 13.5 Å². The van der Waals surface area contributed by atoms with Crippen molar-refractivity contribution in [2.45, 2.75) is 50.7 Å². The number of ether oxygens (including phenoxy) is 1. The number of benzene rings is 1. The Morgan fingerprint density at radius 3 is 2.78 bits per heavy atom. The van der Waals surface area contributed by atoms with Crippen molar-refractivity contribution in [3.05, 3.63) is 35.5 Å². The predicted molar refractivity (Wildman–Crippen MR) is 130 cm³/mol. The van der Waals surface area contributed by atoms with Crippen LogP contribution in [0.5, 0.6) is 0 Å². The van der Waals surface area contributed by atoms with Crippen molar-refractivity contribution in [2.75, 3.05) is 36.0 Å². The van der Waals surface area contributed by atoms with Gasteiger partial charge in [-0.1, -0.05) is 0 Å². The molecule has 3 N–H and O–H groups in total. The molecule has 3 atom stereocenters. The van der Waals surface area contributed by atoms with E-state index in [9.17, 15) is 14.0 Å². The number of rotatable bonds is 3. The van der Waals surface area contributed by atoms with Crippen LogP contribution in [0, 0.1) is 16.7 Å². The number of alkyl halides is 2. The molecule has 0 radical (unpaired) electrons. The van der Waals surface area contributed by atoms with Crippen molar-refractivity contribution in [3.63, 3.8) is 0 Å². The second-order valence-corrected chi connectivity index (χ2v) is 10.1. The van der Waals surface area contributed by atoms with Gasteiger partial charge in [0, 0.05) is 42.7 Å². The third-order valence-electron chi connectivity index (χ3n) is 8.24. The van der Waals surface area contributed by atoms with Crippen molar-refractivity contribution in [3.8, 4) is 6.07 Å². The molecule has 2 fully saturated rings. The average molecular weight is 495 g/mol. The highest BCUT2D eigenvalue weighted by molar-refractivity contribution is 5.88. The number of hydrogen-bond donors (Lipinski definition) is 2. The van der Waals surface area contributed by atoms with E-state index in [0.717, 1.165) is 31.7 Å². The average Bonchev–Trinajstić information content (AvgIpc) is 3.44. The Bertz CT molecular complexity index is 1330. The van der Waals surface area contributed by atoms with Crippen LogP contribution >= 0.6 is 0 Å². The van der Waals surface area contributed by atoms with Gasteiger partial charge in [-0.25, -0.2) is 18.7 Å². The molecule has 6 rings (SSSR count). The maximum absolute atomic E-state index is 13.8. The number of aromatic nitrogens is 4. The number of aromatic amines is 1. The lowest BCUT2D eigenvalue weighted by molar-refractivity contribution is 0.0974. The van der Waals surface area contributed by atoms with E-state index in [2.05, 4.69) is 20.1 Å². The Balaban J connectivity index is 1.27. The number of anilines is 3. The number of fused-ring (bicyclic) bond motifs is 2. The number of nitriles is 1. The predicted octanol–water partition coefficient (Wildman–Crippen LogP) is 3.45. The van der Waals surface area contributed by atoms with Crippen LogP contribution in [0.3, 0.4) is 0 Å². The molecule has 5 heterocycles. The summed E-state index contributed by atoms with van der Waals surface area (Å²) in [6, 6.07) is 7.01. The first-order valence-electron chi connectivity index (χ1n) is 12.3. The summed E-state index contributed by atoms with van der Waals surface area (Å²) < 4.78 is 33.3. The van der Waals surface area contributed by atoms with Crippen molar-refractivity contribution in [1.82, 2.24) is 20.2 Å². The van der Waals surface area contributed by atoms with Gasteiger partial charge in [0.1, 0.15) is 5.82 Å². The molecule has 3 aliphatic heterocycles. The van der Waals surface area contributed by atoms with Crippen molar-refractivity contribution >= 4 is 28.5 Å². The number of hydrogen-bond acceptors (Lipinski definition) is 8. The zero-order chi connectivity index (χ0) is 25.0. The first-order chi connectivity index (χ1) is 17.4. The van der Waals surface area contributed by atoms with E-state index in [-0.39, 0.29) is 24.0 Å². The molecular weight excluding hydrogens is 466 g/mol. The summed E-state index contributed by atoms with van der Waals surface area (Å²) in [5, 5.41) is 16.7. The summed E-state index contributed by atoms with van der Waals surface area (Å²) in [7, 11) is 0. The van der Waals surface area contributed by atoms with Gasteiger partial charge in [-0.2, -0.15) is 10.4 Å². The smallest absolute Gasteiger partial charge is 0.245 e. The fraction of sp³-hybridized carbons (Fsp3) is 0.520. The lowest BCUT2D eigenvalue weighted by Gasteiger charge is -2.41. The van der Waals surface area contributed by atoms with Crippen LogP contribution in [-0.2, 0) is 4.74 Å². The van der Waals surface area contributed by atoms with Crippen LogP contribution in [0.25, 0.3) is 11.2 Å². The Kier molecular flexibility index (Phi) is 5.53. The number of nitrogens with two attached hydrogens (primary N) is 1. The molecule has 11 heteroatoms. The highest BCUT2D eigenvalue weighted by Gasteiger charge is 2.47.